The van der Waals surface area contributed by atoms with E-state index in [4.69, 9.17) is 20.8 Å². The SMILES string of the molecule is CCOC(=O)c1c(C)oc(C(C)(C)C)c1CCl. The van der Waals surface area contributed by atoms with Gasteiger partial charge in [-0.1, -0.05) is 20.8 Å². The Bertz CT molecular complexity index is 413. The number of hydrogen-bond acceptors (Lipinski definition) is 3. The molecule has 0 spiro atoms. The third-order valence-corrected chi connectivity index (χ3v) is 2.74. The van der Waals surface area contributed by atoms with Gasteiger partial charge in [-0.3, -0.25) is 0 Å². The Morgan fingerprint density at radius 1 is 1.41 bits per heavy atom. The van der Waals surface area contributed by atoms with E-state index in [0.29, 0.717) is 17.9 Å². The fourth-order valence-corrected chi connectivity index (χ4v) is 2.05. The molecule has 1 aromatic rings. The van der Waals surface area contributed by atoms with Gasteiger partial charge < -0.3 is 9.15 Å². The van der Waals surface area contributed by atoms with Gasteiger partial charge in [-0.15, -0.1) is 11.6 Å². The van der Waals surface area contributed by atoms with Crippen LogP contribution in [0.25, 0.3) is 0 Å². The van der Waals surface area contributed by atoms with Gasteiger partial charge in [0.25, 0.3) is 0 Å². The monoisotopic (exact) mass is 258 g/mol. The number of carbonyl (C=O) groups excluding carboxylic acids is 1. The fourth-order valence-electron chi connectivity index (χ4n) is 1.80. The smallest absolute Gasteiger partial charge is 0.342 e. The first-order chi connectivity index (χ1) is 7.82. The van der Waals surface area contributed by atoms with Gasteiger partial charge in [-0.25, -0.2) is 4.79 Å². The first-order valence-corrected chi connectivity index (χ1v) is 6.22. The zero-order valence-electron chi connectivity index (χ0n) is 11.0. The highest BCUT2D eigenvalue weighted by Crippen LogP contribution is 2.33. The third-order valence-electron chi connectivity index (χ3n) is 2.48. The van der Waals surface area contributed by atoms with Gasteiger partial charge in [0.1, 0.15) is 17.1 Å². The van der Waals surface area contributed by atoms with Crippen molar-refractivity contribution in [1.29, 1.82) is 0 Å². The summed E-state index contributed by atoms with van der Waals surface area (Å²) < 4.78 is 10.7. The molecule has 0 saturated carbocycles. The van der Waals surface area contributed by atoms with E-state index < -0.39 is 0 Å². The summed E-state index contributed by atoms with van der Waals surface area (Å²) in [7, 11) is 0. The molecule has 17 heavy (non-hydrogen) atoms. The van der Waals surface area contributed by atoms with E-state index in [-0.39, 0.29) is 17.3 Å². The van der Waals surface area contributed by atoms with Crippen molar-refractivity contribution in [3.63, 3.8) is 0 Å². The van der Waals surface area contributed by atoms with Gasteiger partial charge in [0, 0.05) is 11.0 Å². The fraction of sp³-hybridized carbons (Fsp3) is 0.615. The number of esters is 1. The van der Waals surface area contributed by atoms with Crippen molar-refractivity contribution in [3.8, 4) is 0 Å². The highest BCUT2D eigenvalue weighted by Gasteiger charge is 2.29. The van der Waals surface area contributed by atoms with Crippen LogP contribution in [0.1, 0.15) is 55.1 Å². The number of halogens is 1. The zero-order chi connectivity index (χ0) is 13.2. The summed E-state index contributed by atoms with van der Waals surface area (Å²) >= 11 is 5.93. The highest BCUT2D eigenvalue weighted by molar-refractivity contribution is 6.17. The summed E-state index contributed by atoms with van der Waals surface area (Å²) in [4.78, 5) is 11.8. The first kappa shape index (κ1) is 14.1. The second kappa shape index (κ2) is 5.13. The Kier molecular flexibility index (Phi) is 4.26. The van der Waals surface area contributed by atoms with Crippen LogP contribution in [0.15, 0.2) is 4.42 Å². The van der Waals surface area contributed by atoms with Crippen LogP contribution in [-0.4, -0.2) is 12.6 Å². The van der Waals surface area contributed by atoms with E-state index in [2.05, 4.69) is 0 Å². The van der Waals surface area contributed by atoms with Crippen LogP contribution < -0.4 is 0 Å². The van der Waals surface area contributed by atoms with Gasteiger partial charge in [0.05, 0.1) is 12.5 Å². The molecule has 96 valence electrons. The number of furan rings is 1. The summed E-state index contributed by atoms with van der Waals surface area (Å²) in [5.74, 6) is 1.22. The molecule has 0 aliphatic heterocycles. The quantitative estimate of drug-likeness (QED) is 0.611. The van der Waals surface area contributed by atoms with E-state index >= 15 is 0 Å². The summed E-state index contributed by atoms with van der Waals surface area (Å²) in [6, 6.07) is 0. The molecule has 0 aliphatic carbocycles. The number of ether oxygens (including phenoxy) is 1. The Labute approximate surface area is 107 Å². The largest absolute Gasteiger partial charge is 0.465 e. The van der Waals surface area contributed by atoms with Crippen LogP contribution in [0.5, 0.6) is 0 Å². The lowest BCUT2D eigenvalue weighted by Crippen LogP contribution is -2.14. The average molecular weight is 259 g/mol. The molecule has 0 bridgehead atoms. The molecule has 0 N–H and O–H groups in total. The Morgan fingerprint density at radius 2 is 2.00 bits per heavy atom. The molecular weight excluding hydrogens is 240 g/mol. The lowest BCUT2D eigenvalue weighted by atomic mass is 9.90. The second-order valence-corrected chi connectivity index (χ2v) is 5.21. The maximum Gasteiger partial charge on any atom is 0.342 e. The van der Waals surface area contributed by atoms with Crippen LogP contribution >= 0.6 is 11.6 Å². The minimum absolute atomic E-state index is 0.181. The summed E-state index contributed by atoms with van der Waals surface area (Å²) in [5.41, 5.74) is 1.04. The highest BCUT2D eigenvalue weighted by atomic mass is 35.5. The normalized spacial score (nSPS) is 11.6. The van der Waals surface area contributed by atoms with E-state index in [1.807, 2.05) is 20.8 Å². The minimum Gasteiger partial charge on any atom is -0.465 e. The van der Waals surface area contributed by atoms with E-state index in [1.54, 1.807) is 13.8 Å². The van der Waals surface area contributed by atoms with E-state index in [0.717, 1.165) is 11.3 Å². The van der Waals surface area contributed by atoms with Crippen molar-refractivity contribution in [2.45, 2.75) is 45.9 Å². The summed E-state index contributed by atoms with van der Waals surface area (Å²) in [6.07, 6.45) is 0. The molecule has 0 aliphatic rings. The molecule has 0 fully saturated rings. The van der Waals surface area contributed by atoms with Gasteiger partial charge in [0.15, 0.2) is 0 Å². The van der Waals surface area contributed by atoms with E-state index in [1.165, 1.54) is 0 Å². The van der Waals surface area contributed by atoms with Crippen LogP contribution in [0.4, 0.5) is 0 Å². The van der Waals surface area contributed by atoms with Gasteiger partial charge in [-0.2, -0.15) is 0 Å². The van der Waals surface area contributed by atoms with Crippen molar-refractivity contribution < 1.29 is 13.9 Å². The Hall–Kier alpha value is -0.960. The zero-order valence-corrected chi connectivity index (χ0v) is 11.8. The molecular formula is C13H19ClO3. The molecule has 1 heterocycles. The number of alkyl halides is 1. The summed E-state index contributed by atoms with van der Waals surface area (Å²) in [5, 5.41) is 0. The molecule has 1 aromatic heterocycles. The van der Waals surface area contributed by atoms with Crippen molar-refractivity contribution in [2.24, 2.45) is 0 Å². The Balaban J connectivity index is 3.32. The first-order valence-electron chi connectivity index (χ1n) is 5.68. The maximum atomic E-state index is 11.8. The predicted molar refractivity (Wildman–Crippen MR) is 67.7 cm³/mol. The molecule has 0 saturated heterocycles. The van der Waals surface area contributed by atoms with Crippen molar-refractivity contribution in [3.05, 3.63) is 22.6 Å². The van der Waals surface area contributed by atoms with Crippen LogP contribution in [0, 0.1) is 6.92 Å². The third kappa shape index (κ3) is 2.83. The van der Waals surface area contributed by atoms with Gasteiger partial charge >= 0.3 is 5.97 Å². The Morgan fingerprint density at radius 3 is 2.41 bits per heavy atom. The topological polar surface area (TPSA) is 39.4 Å². The van der Waals surface area contributed by atoms with E-state index in [9.17, 15) is 4.79 Å². The number of hydrogen-bond donors (Lipinski definition) is 0. The standard InChI is InChI=1S/C13H19ClO3/c1-6-16-12(15)10-8(2)17-11(9(10)7-14)13(3,4)5/h6-7H2,1-5H3. The van der Waals surface area contributed by atoms with Crippen LogP contribution in [0.3, 0.4) is 0 Å². The second-order valence-electron chi connectivity index (χ2n) is 4.95. The van der Waals surface area contributed by atoms with Gasteiger partial charge in [0.2, 0.25) is 0 Å². The summed E-state index contributed by atoms with van der Waals surface area (Å²) in [6.45, 7) is 9.95. The van der Waals surface area contributed by atoms with Crippen molar-refractivity contribution in [2.75, 3.05) is 6.61 Å². The molecule has 4 heteroatoms. The van der Waals surface area contributed by atoms with Crippen molar-refractivity contribution >= 4 is 17.6 Å². The average Bonchev–Trinajstić information content (AvgIpc) is 2.55. The number of aryl methyl sites for hydroxylation is 1. The van der Waals surface area contributed by atoms with Crippen LogP contribution in [0.2, 0.25) is 0 Å². The van der Waals surface area contributed by atoms with Crippen LogP contribution in [-0.2, 0) is 16.0 Å². The molecule has 0 radical (unpaired) electrons. The predicted octanol–water partition coefficient (Wildman–Crippen LogP) is 3.80. The van der Waals surface area contributed by atoms with Crippen molar-refractivity contribution in [1.82, 2.24) is 0 Å². The molecule has 3 nitrogen and oxygen atoms in total. The number of carbonyl (C=O) groups is 1. The molecule has 1 rings (SSSR count). The molecule has 0 unspecified atom stereocenters. The minimum atomic E-state index is -0.361. The lowest BCUT2D eigenvalue weighted by Gasteiger charge is -2.16. The van der Waals surface area contributed by atoms with Gasteiger partial charge in [-0.05, 0) is 13.8 Å². The lowest BCUT2D eigenvalue weighted by molar-refractivity contribution is 0.0523. The maximum absolute atomic E-state index is 11.8. The molecule has 0 aromatic carbocycles. The molecule has 0 atom stereocenters. The number of rotatable bonds is 3. The molecule has 0 amide bonds.